The minimum Gasteiger partial charge on any atom is -0.411 e. The second-order valence-corrected chi connectivity index (χ2v) is 7.00. The number of carbonyl (C=O) groups is 1. The predicted molar refractivity (Wildman–Crippen MR) is 96.6 cm³/mol. The summed E-state index contributed by atoms with van der Waals surface area (Å²) in [5, 5.41) is 12.7. The van der Waals surface area contributed by atoms with Gasteiger partial charge in [-0.15, -0.1) is 21.5 Å². The van der Waals surface area contributed by atoms with Crippen LogP contribution < -0.4 is 0 Å². The van der Waals surface area contributed by atoms with E-state index in [0.717, 1.165) is 21.2 Å². The second-order valence-electron chi connectivity index (χ2n) is 5.12. The third-order valence-corrected chi connectivity index (χ3v) is 5.25. The van der Waals surface area contributed by atoms with E-state index in [1.807, 2.05) is 53.9 Å². The third kappa shape index (κ3) is 3.11. The van der Waals surface area contributed by atoms with E-state index in [-0.39, 0.29) is 5.78 Å². The molecule has 0 aliphatic heterocycles. The van der Waals surface area contributed by atoms with Crippen molar-refractivity contribution in [2.75, 3.05) is 5.75 Å². The summed E-state index contributed by atoms with van der Waals surface area (Å²) in [7, 11) is 0. The van der Waals surface area contributed by atoms with Crippen molar-refractivity contribution in [1.29, 1.82) is 0 Å². The molecule has 0 aliphatic carbocycles. The van der Waals surface area contributed by atoms with Gasteiger partial charge in [-0.05, 0) is 34.4 Å². The van der Waals surface area contributed by atoms with Gasteiger partial charge in [-0.2, -0.15) is 0 Å². The van der Waals surface area contributed by atoms with E-state index in [9.17, 15) is 4.79 Å². The number of carbonyl (C=O) groups excluding carboxylic acids is 1. The number of hydrogen-bond donors (Lipinski definition) is 0. The predicted octanol–water partition coefficient (Wildman–Crippen LogP) is 4.93. The Labute approximate surface area is 146 Å². The lowest BCUT2D eigenvalue weighted by Crippen LogP contribution is -1.98. The van der Waals surface area contributed by atoms with Crippen LogP contribution in [0.3, 0.4) is 0 Å². The molecular weight excluding hydrogens is 340 g/mol. The molecule has 0 unspecified atom stereocenters. The lowest BCUT2D eigenvalue weighted by Gasteiger charge is -1.99. The lowest BCUT2D eigenvalue weighted by atomic mass is 10.1. The first-order valence-electron chi connectivity index (χ1n) is 7.32. The Bertz CT molecular complexity index is 993. The normalized spacial score (nSPS) is 11.0. The molecule has 24 heavy (non-hydrogen) atoms. The number of thioether (sulfide) groups is 1. The first kappa shape index (κ1) is 15.1. The van der Waals surface area contributed by atoms with Gasteiger partial charge in [0, 0.05) is 5.56 Å². The van der Waals surface area contributed by atoms with Gasteiger partial charge in [-0.1, -0.05) is 48.2 Å². The van der Waals surface area contributed by atoms with Gasteiger partial charge in [0.25, 0.3) is 5.22 Å². The largest absolute Gasteiger partial charge is 0.411 e. The maximum Gasteiger partial charge on any atom is 0.277 e. The first-order valence-corrected chi connectivity index (χ1v) is 9.18. The second kappa shape index (κ2) is 6.59. The highest BCUT2D eigenvalue weighted by Gasteiger charge is 2.13. The highest BCUT2D eigenvalue weighted by molar-refractivity contribution is 7.99. The molecule has 6 heteroatoms. The lowest BCUT2D eigenvalue weighted by molar-refractivity contribution is 0.102. The van der Waals surface area contributed by atoms with Crippen molar-refractivity contribution in [2.24, 2.45) is 0 Å². The molecule has 0 amide bonds. The summed E-state index contributed by atoms with van der Waals surface area (Å²) in [4.78, 5) is 12.7. The molecular formula is C18H12N2O2S2. The SMILES string of the molecule is O=C(CSc1nnc(-c2ccc3ccccc3c2)o1)c1cccs1. The van der Waals surface area contributed by atoms with E-state index in [4.69, 9.17) is 4.42 Å². The van der Waals surface area contributed by atoms with E-state index in [1.54, 1.807) is 0 Å². The molecule has 0 radical (unpaired) electrons. The zero-order valence-electron chi connectivity index (χ0n) is 12.5. The molecule has 4 aromatic rings. The van der Waals surface area contributed by atoms with Gasteiger partial charge in [-0.3, -0.25) is 4.79 Å². The van der Waals surface area contributed by atoms with Crippen molar-refractivity contribution in [3.63, 3.8) is 0 Å². The third-order valence-electron chi connectivity index (χ3n) is 3.53. The van der Waals surface area contributed by atoms with Crippen molar-refractivity contribution >= 4 is 39.7 Å². The van der Waals surface area contributed by atoms with Crippen molar-refractivity contribution in [1.82, 2.24) is 10.2 Å². The van der Waals surface area contributed by atoms with Crippen LogP contribution in [0.15, 0.2) is 69.6 Å². The molecule has 0 saturated carbocycles. The average molecular weight is 352 g/mol. The van der Waals surface area contributed by atoms with Gasteiger partial charge >= 0.3 is 0 Å². The number of thiophene rings is 1. The first-order chi connectivity index (χ1) is 11.8. The van der Waals surface area contributed by atoms with Crippen LogP contribution in [0.25, 0.3) is 22.2 Å². The van der Waals surface area contributed by atoms with Gasteiger partial charge in [-0.25, -0.2) is 0 Å². The van der Waals surface area contributed by atoms with E-state index in [1.165, 1.54) is 23.1 Å². The highest BCUT2D eigenvalue weighted by Crippen LogP contribution is 2.26. The summed E-state index contributed by atoms with van der Waals surface area (Å²) >= 11 is 2.70. The van der Waals surface area contributed by atoms with Gasteiger partial charge in [0.2, 0.25) is 5.89 Å². The number of benzene rings is 2. The van der Waals surface area contributed by atoms with Crippen molar-refractivity contribution in [3.8, 4) is 11.5 Å². The summed E-state index contributed by atoms with van der Waals surface area (Å²) in [5.41, 5.74) is 0.873. The highest BCUT2D eigenvalue weighted by atomic mass is 32.2. The van der Waals surface area contributed by atoms with Crippen LogP contribution >= 0.6 is 23.1 Å². The van der Waals surface area contributed by atoms with Crippen LogP contribution in [0.1, 0.15) is 9.67 Å². The molecule has 0 aliphatic rings. The van der Waals surface area contributed by atoms with Gasteiger partial charge in [0.15, 0.2) is 5.78 Å². The minimum absolute atomic E-state index is 0.0699. The summed E-state index contributed by atoms with van der Waals surface area (Å²) in [6.45, 7) is 0. The van der Waals surface area contributed by atoms with E-state index >= 15 is 0 Å². The van der Waals surface area contributed by atoms with Crippen LogP contribution in [0, 0.1) is 0 Å². The fourth-order valence-electron chi connectivity index (χ4n) is 2.34. The van der Waals surface area contributed by atoms with Crippen LogP contribution in [-0.2, 0) is 0 Å². The molecule has 2 aromatic heterocycles. The number of nitrogens with zero attached hydrogens (tertiary/aromatic N) is 2. The number of fused-ring (bicyclic) bond motifs is 1. The zero-order chi connectivity index (χ0) is 16.4. The van der Waals surface area contributed by atoms with Crippen LogP contribution in [-0.4, -0.2) is 21.7 Å². The zero-order valence-corrected chi connectivity index (χ0v) is 14.1. The Kier molecular flexibility index (Phi) is 4.15. The molecule has 4 nitrogen and oxygen atoms in total. The number of rotatable bonds is 5. The average Bonchev–Trinajstić information content (AvgIpc) is 3.31. The number of ketones is 1. The quantitative estimate of drug-likeness (QED) is 0.377. The monoisotopic (exact) mass is 352 g/mol. The molecule has 0 N–H and O–H groups in total. The summed E-state index contributed by atoms with van der Waals surface area (Å²) in [5.74, 6) is 0.826. The number of aromatic nitrogens is 2. The van der Waals surface area contributed by atoms with Crippen LogP contribution in [0.5, 0.6) is 0 Å². The molecule has 2 aromatic carbocycles. The smallest absolute Gasteiger partial charge is 0.277 e. The molecule has 0 atom stereocenters. The van der Waals surface area contributed by atoms with Crippen molar-refractivity contribution in [3.05, 3.63) is 64.9 Å². The fourth-order valence-corrected chi connectivity index (χ4v) is 3.75. The topological polar surface area (TPSA) is 56.0 Å². The summed E-state index contributed by atoms with van der Waals surface area (Å²) in [6.07, 6.45) is 0. The molecule has 0 spiro atoms. The van der Waals surface area contributed by atoms with E-state index in [2.05, 4.69) is 16.3 Å². The standard InChI is InChI=1S/C18H12N2O2S2/c21-15(16-6-3-9-23-16)11-24-18-20-19-17(22-18)14-8-7-12-4-1-2-5-13(12)10-14/h1-10H,11H2. The van der Waals surface area contributed by atoms with Gasteiger partial charge < -0.3 is 4.42 Å². The van der Waals surface area contributed by atoms with Gasteiger partial charge in [0.1, 0.15) is 0 Å². The Morgan fingerprint density at radius 3 is 2.75 bits per heavy atom. The Morgan fingerprint density at radius 1 is 1.04 bits per heavy atom. The van der Waals surface area contributed by atoms with Crippen LogP contribution in [0.2, 0.25) is 0 Å². The fraction of sp³-hybridized carbons (Fsp3) is 0.0556. The van der Waals surface area contributed by atoms with E-state index in [0.29, 0.717) is 16.9 Å². The Morgan fingerprint density at radius 2 is 1.92 bits per heavy atom. The maximum atomic E-state index is 12.0. The van der Waals surface area contributed by atoms with Crippen LogP contribution in [0.4, 0.5) is 0 Å². The molecule has 2 heterocycles. The van der Waals surface area contributed by atoms with Crippen molar-refractivity contribution in [2.45, 2.75) is 5.22 Å². The summed E-state index contributed by atoms with van der Waals surface area (Å²) < 4.78 is 5.68. The van der Waals surface area contributed by atoms with Crippen molar-refractivity contribution < 1.29 is 9.21 Å². The number of Topliss-reactive ketones (excluding diaryl/α,β-unsaturated/α-hetero) is 1. The maximum absolute atomic E-state index is 12.0. The Balaban J connectivity index is 1.50. The van der Waals surface area contributed by atoms with E-state index < -0.39 is 0 Å². The number of hydrogen-bond acceptors (Lipinski definition) is 6. The Hall–Kier alpha value is -2.44. The molecule has 0 saturated heterocycles. The summed E-state index contributed by atoms with van der Waals surface area (Å²) in [6, 6.07) is 17.8. The molecule has 4 rings (SSSR count). The molecule has 0 bridgehead atoms. The minimum atomic E-state index is 0.0699. The molecule has 118 valence electrons. The van der Waals surface area contributed by atoms with Gasteiger partial charge in [0.05, 0.1) is 10.6 Å². The molecule has 0 fully saturated rings.